The highest BCUT2D eigenvalue weighted by molar-refractivity contribution is 6.31. The Morgan fingerprint density at radius 2 is 1.86 bits per heavy atom. The van der Waals surface area contributed by atoms with E-state index in [1.807, 2.05) is 31.2 Å². The van der Waals surface area contributed by atoms with Crippen LogP contribution in [0.25, 0.3) is 0 Å². The van der Waals surface area contributed by atoms with Crippen molar-refractivity contribution < 1.29 is 14.3 Å². The molecule has 148 valence electrons. The maximum Gasteiger partial charge on any atom is 0.337 e. The first-order valence-electron chi connectivity index (χ1n) is 10.3. The van der Waals surface area contributed by atoms with Crippen LogP contribution in [0.4, 0.5) is 0 Å². The second-order valence-electron chi connectivity index (χ2n) is 7.95. The number of hydrogen-bond acceptors (Lipinski definition) is 4. The molecule has 0 spiro atoms. The Morgan fingerprint density at radius 3 is 2.61 bits per heavy atom. The van der Waals surface area contributed by atoms with Crippen LogP contribution in [0.2, 0.25) is 5.02 Å². The van der Waals surface area contributed by atoms with E-state index in [-0.39, 0.29) is 17.9 Å². The van der Waals surface area contributed by atoms with Crippen molar-refractivity contribution in [2.45, 2.75) is 70.3 Å². The van der Waals surface area contributed by atoms with Crippen molar-refractivity contribution >= 4 is 23.4 Å². The summed E-state index contributed by atoms with van der Waals surface area (Å²) in [6, 6.07) is 7.48. The molecule has 0 amide bonds. The molecule has 1 saturated carbocycles. The van der Waals surface area contributed by atoms with E-state index in [0.717, 1.165) is 55.5 Å². The average molecular weight is 400 g/mol. The molecule has 0 bridgehead atoms. The van der Waals surface area contributed by atoms with Crippen molar-refractivity contribution in [3.63, 3.8) is 0 Å². The van der Waals surface area contributed by atoms with Crippen molar-refractivity contribution in [3.05, 3.63) is 57.4 Å². The van der Waals surface area contributed by atoms with Gasteiger partial charge in [-0.05, 0) is 57.1 Å². The van der Waals surface area contributed by atoms with Gasteiger partial charge < -0.3 is 10.1 Å². The zero-order valence-electron chi connectivity index (χ0n) is 16.2. The van der Waals surface area contributed by atoms with Gasteiger partial charge >= 0.3 is 5.97 Å². The second kappa shape index (κ2) is 8.12. The van der Waals surface area contributed by atoms with Crippen LogP contribution >= 0.6 is 11.6 Å². The lowest BCUT2D eigenvalue weighted by Crippen LogP contribution is -2.35. The van der Waals surface area contributed by atoms with E-state index in [1.54, 1.807) is 0 Å². The number of carbonyl (C=O) groups is 2. The summed E-state index contributed by atoms with van der Waals surface area (Å²) in [5, 5.41) is 3.90. The average Bonchev–Trinajstić information content (AvgIpc) is 2.68. The van der Waals surface area contributed by atoms with Crippen molar-refractivity contribution in [2.75, 3.05) is 0 Å². The number of Topliss-reactive ketones (excluding diaryl/α,β-unsaturated/α-hetero) is 1. The fourth-order valence-electron chi connectivity index (χ4n) is 4.67. The Labute approximate surface area is 171 Å². The second-order valence-corrected chi connectivity index (χ2v) is 8.36. The summed E-state index contributed by atoms with van der Waals surface area (Å²) in [5.74, 6) is -0.699. The number of halogens is 1. The summed E-state index contributed by atoms with van der Waals surface area (Å²) in [4.78, 5) is 26.1. The summed E-state index contributed by atoms with van der Waals surface area (Å²) >= 11 is 6.52. The molecule has 1 atom stereocenters. The number of hydrogen-bond donors (Lipinski definition) is 1. The molecule has 5 heteroatoms. The number of dihydropyridines is 1. The highest BCUT2D eigenvalue weighted by Crippen LogP contribution is 2.44. The summed E-state index contributed by atoms with van der Waals surface area (Å²) in [7, 11) is 0. The van der Waals surface area contributed by atoms with Crippen molar-refractivity contribution in [1.82, 2.24) is 5.32 Å². The number of rotatable bonds is 3. The number of allylic oxidation sites excluding steroid dienone is 3. The van der Waals surface area contributed by atoms with E-state index in [1.165, 1.54) is 6.42 Å². The summed E-state index contributed by atoms with van der Waals surface area (Å²) < 4.78 is 5.89. The Hall–Kier alpha value is -2.07. The number of ether oxygens (including phenoxy) is 1. The van der Waals surface area contributed by atoms with Gasteiger partial charge in [-0.1, -0.05) is 36.2 Å². The molecule has 1 fully saturated rings. The van der Waals surface area contributed by atoms with E-state index in [9.17, 15) is 9.59 Å². The molecule has 1 aromatic carbocycles. The highest BCUT2D eigenvalue weighted by Gasteiger charge is 2.40. The summed E-state index contributed by atoms with van der Waals surface area (Å²) in [5.41, 5.74) is 3.68. The van der Waals surface area contributed by atoms with Crippen LogP contribution in [0.1, 0.15) is 69.8 Å². The molecule has 0 unspecified atom stereocenters. The van der Waals surface area contributed by atoms with Gasteiger partial charge in [0, 0.05) is 34.3 Å². The van der Waals surface area contributed by atoms with Gasteiger partial charge in [-0.25, -0.2) is 4.79 Å². The predicted octanol–water partition coefficient (Wildman–Crippen LogP) is 5.18. The molecule has 4 rings (SSSR count). The molecule has 1 aromatic rings. The molecular formula is C23H26ClNO3. The minimum absolute atomic E-state index is 0.0362. The van der Waals surface area contributed by atoms with Crippen LogP contribution < -0.4 is 5.32 Å². The maximum atomic E-state index is 13.3. The van der Waals surface area contributed by atoms with E-state index >= 15 is 0 Å². The normalized spacial score (nSPS) is 23.4. The summed E-state index contributed by atoms with van der Waals surface area (Å²) in [6.45, 7) is 1.89. The third-order valence-electron chi connectivity index (χ3n) is 6.04. The van der Waals surface area contributed by atoms with Crippen molar-refractivity contribution in [2.24, 2.45) is 0 Å². The molecule has 3 aliphatic rings. The molecule has 4 nitrogen and oxygen atoms in total. The topological polar surface area (TPSA) is 55.4 Å². The summed E-state index contributed by atoms with van der Waals surface area (Å²) in [6.07, 6.45) is 7.32. The number of ketones is 1. The van der Waals surface area contributed by atoms with Gasteiger partial charge in [0.2, 0.25) is 0 Å². The van der Waals surface area contributed by atoms with Gasteiger partial charge in [0.25, 0.3) is 0 Å². The number of carbonyl (C=O) groups excluding carboxylic acids is 2. The highest BCUT2D eigenvalue weighted by atomic mass is 35.5. The molecule has 1 heterocycles. The largest absolute Gasteiger partial charge is 0.459 e. The van der Waals surface area contributed by atoms with Gasteiger partial charge in [-0.15, -0.1) is 0 Å². The minimum atomic E-state index is -0.464. The van der Waals surface area contributed by atoms with Crippen LogP contribution in [0.3, 0.4) is 0 Å². The van der Waals surface area contributed by atoms with Crippen LogP contribution in [-0.4, -0.2) is 17.9 Å². The first-order valence-corrected chi connectivity index (χ1v) is 10.6. The zero-order chi connectivity index (χ0) is 19.7. The van der Waals surface area contributed by atoms with Gasteiger partial charge in [0.1, 0.15) is 6.10 Å². The SMILES string of the molecule is CC1=C(C(=O)OC2CCCCC2)[C@H](c2ccccc2Cl)C2=C(CCCC2=O)N1. The van der Waals surface area contributed by atoms with Crippen molar-refractivity contribution in [1.29, 1.82) is 0 Å². The third kappa shape index (κ3) is 3.62. The Bertz CT molecular complexity index is 864. The first-order chi connectivity index (χ1) is 13.6. The molecule has 28 heavy (non-hydrogen) atoms. The van der Waals surface area contributed by atoms with Crippen LogP contribution in [0, 0.1) is 0 Å². The van der Waals surface area contributed by atoms with Crippen LogP contribution in [0.5, 0.6) is 0 Å². The quantitative estimate of drug-likeness (QED) is 0.711. The number of benzene rings is 1. The molecule has 1 N–H and O–H groups in total. The molecule has 0 radical (unpaired) electrons. The lowest BCUT2D eigenvalue weighted by molar-refractivity contribution is -0.146. The fourth-order valence-corrected chi connectivity index (χ4v) is 4.92. The van der Waals surface area contributed by atoms with Gasteiger partial charge in [0.15, 0.2) is 5.78 Å². The number of nitrogens with one attached hydrogen (secondary N) is 1. The van der Waals surface area contributed by atoms with Crippen molar-refractivity contribution in [3.8, 4) is 0 Å². The fraction of sp³-hybridized carbons (Fsp3) is 0.478. The van der Waals surface area contributed by atoms with Crippen LogP contribution in [-0.2, 0) is 14.3 Å². The minimum Gasteiger partial charge on any atom is -0.459 e. The van der Waals surface area contributed by atoms with Gasteiger partial charge in [0.05, 0.1) is 5.57 Å². The van der Waals surface area contributed by atoms with E-state index in [0.29, 0.717) is 22.6 Å². The Kier molecular flexibility index (Phi) is 5.58. The Morgan fingerprint density at radius 1 is 1.11 bits per heavy atom. The molecule has 0 aromatic heterocycles. The molecule has 1 aliphatic heterocycles. The smallest absolute Gasteiger partial charge is 0.337 e. The lowest BCUT2D eigenvalue weighted by atomic mass is 9.75. The maximum absolute atomic E-state index is 13.3. The monoisotopic (exact) mass is 399 g/mol. The lowest BCUT2D eigenvalue weighted by Gasteiger charge is -2.35. The predicted molar refractivity (Wildman–Crippen MR) is 109 cm³/mol. The molecule has 2 aliphatic carbocycles. The van der Waals surface area contributed by atoms with Crippen LogP contribution in [0.15, 0.2) is 46.8 Å². The van der Waals surface area contributed by atoms with E-state index < -0.39 is 5.92 Å². The van der Waals surface area contributed by atoms with Gasteiger partial charge in [-0.3, -0.25) is 4.79 Å². The standard InChI is InChI=1S/C23H26ClNO3/c1-14-20(23(27)28-15-8-3-2-4-9-15)21(16-10-5-6-11-17(16)24)22-18(25-14)12-7-13-19(22)26/h5-6,10-11,15,21,25H,2-4,7-9,12-13H2,1H3/t21-/m0/s1. The molecule has 0 saturated heterocycles. The Balaban J connectivity index is 1.75. The zero-order valence-corrected chi connectivity index (χ0v) is 17.0. The number of esters is 1. The first kappa shape index (κ1) is 19.3. The van der Waals surface area contributed by atoms with Gasteiger partial charge in [-0.2, -0.15) is 0 Å². The third-order valence-corrected chi connectivity index (χ3v) is 6.38. The van der Waals surface area contributed by atoms with E-state index in [2.05, 4.69) is 5.32 Å². The van der Waals surface area contributed by atoms with E-state index in [4.69, 9.17) is 16.3 Å². The molecular weight excluding hydrogens is 374 g/mol.